The van der Waals surface area contributed by atoms with Crippen LogP contribution in [0.1, 0.15) is 12.5 Å². The summed E-state index contributed by atoms with van der Waals surface area (Å²) in [4.78, 5) is 3.50. The van der Waals surface area contributed by atoms with E-state index in [0.717, 1.165) is 12.3 Å². The Hall–Kier alpha value is -2.46. The van der Waals surface area contributed by atoms with Crippen LogP contribution in [0.4, 0.5) is 5.69 Å². The number of aromatic nitrogens is 1. The molecule has 0 spiro atoms. The Labute approximate surface area is 152 Å². The highest BCUT2D eigenvalue weighted by atomic mass is 32.2. The molecule has 2 heterocycles. The number of methoxy groups -OCH3 is 1. The first-order valence-corrected chi connectivity index (χ1v) is 9.25. The van der Waals surface area contributed by atoms with E-state index in [2.05, 4.69) is 78.2 Å². The van der Waals surface area contributed by atoms with E-state index in [9.17, 15) is 0 Å². The van der Waals surface area contributed by atoms with Crippen molar-refractivity contribution >= 4 is 34.4 Å². The Morgan fingerprint density at radius 1 is 1.16 bits per heavy atom. The predicted octanol–water partition coefficient (Wildman–Crippen LogP) is 4.70. The highest BCUT2D eigenvalue weighted by Crippen LogP contribution is 2.47. The summed E-state index contributed by atoms with van der Waals surface area (Å²) in [5, 5.41) is 2.50. The first kappa shape index (κ1) is 16.0. The summed E-state index contributed by atoms with van der Waals surface area (Å²) in [6.07, 6.45) is 4.45. The summed E-state index contributed by atoms with van der Waals surface area (Å²) < 4.78 is 7.65. The van der Waals surface area contributed by atoms with Crippen LogP contribution in [-0.4, -0.2) is 14.2 Å². The summed E-state index contributed by atoms with van der Waals surface area (Å²) in [5.41, 5.74) is 3.71. The maximum atomic E-state index is 5.37. The van der Waals surface area contributed by atoms with Crippen LogP contribution in [0.25, 0.3) is 17.0 Å². The molecular weight excluding hydrogens is 328 g/mol. The van der Waals surface area contributed by atoms with Crippen molar-refractivity contribution in [2.45, 2.75) is 18.4 Å². The Balaban J connectivity index is 1.79. The number of hydrogen-bond donors (Lipinski definition) is 0. The van der Waals surface area contributed by atoms with Gasteiger partial charge in [-0.3, -0.25) is 0 Å². The molecular formula is C21H21N2OS+. The second-order valence-electron chi connectivity index (χ2n) is 6.05. The van der Waals surface area contributed by atoms with Crippen molar-refractivity contribution in [2.75, 3.05) is 19.1 Å². The van der Waals surface area contributed by atoms with Crippen molar-refractivity contribution in [3.05, 3.63) is 65.3 Å². The van der Waals surface area contributed by atoms with Crippen LogP contribution in [0, 0.1) is 0 Å². The minimum absolute atomic E-state index is 0.890. The largest absolute Gasteiger partial charge is 0.497 e. The summed E-state index contributed by atoms with van der Waals surface area (Å²) >= 11 is 1.80. The van der Waals surface area contributed by atoms with Gasteiger partial charge in [0, 0.05) is 30.1 Å². The topological polar surface area (TPSA) is 16.4 Å². The lowest BCUT2D eigenvalue weighted by molar-refractivity contribution is -0.667. The lowest BCUT2D eigenvalue weighted by Gasteiger charge is -2.14. The average Bonchev–Trinajstić information content (AvgIpc) is 2.97. The Bertz CT molecular complexity index is 981. The van der Waals surface area contributed by atoms with Crippen LogP contribution in [0.3, 0.4) is 0 Å². The molecule has 0 aliphatic carbocycles. The third-order valence-electron chi connectivity index (χ3n) is 4.65. The van der Waals surface area contributed by atoms with Gasteiger partial charge in [0.25, 0.3) is 0 Å². The van der Waals surface area contributed by atoms with Gasteiger partial charge in [0.2, 0.25) is 5.52 Å². The number of pyridine rings is 1. The quantitative estimate of drug-likeness (QED) is 0.638. The number of ether oxygens (including phenoxy) is 1. The van der Waals surface area contributed by atoms with Crippen molar-refractivity contribution in [2.24, 2.45) is 0 Å². The molecule has 0 amide bonds. The molecule has 1 aromatic heterocycles. The minimum atomic E-state index is 0.890. The predicted molar refractivity (Wildman–Crippen MR) is 105 cm³/mol. The van der Waals surface area contributed by atoms with Crippen molar-refractivity contribution in [1.29, 1.82) is 0 Å². The van der Waals surface area contributed by atoms with Gasteiger partial charge in [0.1, 0.15) is 12.3 Å². The van der Waals surface area contributed by atoms with Gasteiger partial charge in [0.15, 0.2) is 6.20 Å². The number of nitrogens with zero attached hydrogens (tertiary/aromatic N) is 2. The van der Waals surface area contributed by atoms with Crippen LogP contribution in [0.2, 0.25) is 0 Å². The SMILES string of the molecule is CC[n+]1ccc(/C=C2\Sc3ccc(OC)cc3N2C)c2ccccc21. The number of anilines is 1. The summed E-state index contributed by atoms with van der Waals surface area (Å²) in [6.45, 7) is 3.15. The van der Waals surface area contributed by atoms with Crippen LogP contribution in [0.5, 0.6) is 5.75 Å². The first-order valence-electron chi connectivity index (χ1n) is 8.43. The summed E-state index contributed by atoms with van der Waals surface area (Å²) in [5.74, 6) is 0.890. The molecule has 1 aliphatic heterocycles. The Kier molecular flexibility index (Phi) is 4.14. The van der Waals surface area contributed by atoms with Gasteiger partial charge in [0.05, 0.1) is 23.2 Å². The standard InChI is InChI=1S/C21H21N2OS/c1-4-23-12-11-15(17-7-5-6-8-18(17)23)13-21-22(2)19-14-16(24-3)9-10-20(19)25-21/h5-14H,4H2,1-3H3/q+1. The molecule has 0 N–H and O–H groups in total. The van der Waals surface area contributed by atoms with E-state index < -0.39 is 0 Å². The Morgan fingerprint density at radius 2 is 2.00 bits per heavy atom. The van der Waals surface area contributed by atoms with Crippen molar-refractivity contribution in [3.63, 3.8) is 0 Å². The van der Waals surface area contributed by atoms with E-state index >= 15 is 0 Å². The van der Waals surface area contributed by atoms with Crippen molar-refractivity contribution in [3.8, 4) is 5.75 Å². The number of hydrogen-bond acceptors (Lipinski definition) is 3. The van der Waals surface area contributed by atoms with Gasteiger partial charge in [-0.1, -0.05) is 23.9 Å². The molecule has 0 fully saturated rings. The lowest BCUT2D eigenvalue weighted by Crippen LogP contribution is -2.32. The molecule has 3 nitrogen and oxygen atoms in total. The number of para-hydroxylation sites is 1. The van der Waals surface area contributed by atoms with E-state index in [1.807, 2.05) is 6.07 Å². The third kappa shape index (κ3) is 2.76. The van der Waals surface area contributed by atoms with Crippen LogP contribution in [0.15, 0.2) is 64.7 Å². The summed E-state index contributed by atoms with van der Waals surface area (Å²) in [6, 6.07) is 17.0. The van der Waals surface area contributed by atoms with E-state index in [0.29, 0.717) is 0 Å². The Morgan fingerprint density at radius 3 is 2.80 bits per heavy atom. The fraction of sp³-hybridized carbons (Fsp3) is 0.190. The van der Waals surface area contributed by atoms with Gasteiger partial charge >= 0.3 is 0 Å². The smallest absolute Gasteiger partial charge is 0.213 e. The zero-order valence-corrected chi connectivity index (χ0v) is 15.5. The van der Waals surface area contributed by atoms with Crippen LogP contribution < -0.4 is 14.2 Å². The molecule has 2 aromatic carbocycles. The molecule has 0 bridgehead atoms. The van der Waals surface area contributed by atoms with E-state index in [-0.39, 0.29) is 0 Å². The van der Waals surface area contributed by atoms with E-state index in [1.54, 1.807) is 18.9 Å². The summed E-state index contributed by atoms with van der Waals surface area (Å²) in [7, 11) is 3.82. The molecule has 0 unspecified atom stereocenters. The van der Waals surface area contributed by atoms with Gasteiger partial charge in [-0.05, 0) is 36.8 Å². The zero-order valence-electron chi connectivity index (χ0n) is 14.7. The molecule has 0 saturated carbocycles. The second-order valence-corrected chi connectivity index (χ2v) is 7.11. The molecule has 4 rings (SSSR count). The number of rotatable bonds is 3. The van der Waals surface area contributed by atoms with Gasteiger partial charge < -0.3 is 9.64 Å². The zero-order chi connectivity index (χ0) is 17.4. The van der Waals surface area contributed by atoms with Crippen LogP contribution >= 0.6 is 11.8 Å². The van der Waals surface area contributed by atoms with Gasteiger partial charge in [-0.25, -0.2) is 0 Å². The first-order chi connectivity index (χ1) is 12.2. The fourth-order valence-electron chi connectivity index (χ4n) is 3.24. The van der Waals surface area contributed by atoms with Gasteiger partial charge in [-0.15, -0.1) is 0 Å². The minimum Gasteiger partial charge on any atom is -0.497 e. The van der Waals surface area contributed by atoms with E-state index in [4.69, 9.17) is 4.74 Å². The van der Waals surface area contributed by atoms with Crippen LogP contribution in [-0.2, 0) is 6.54 Å². The molecule has 25 heavy (non-hydrogen) atoms. The number of benzene rings is 2. The monoisotopic (exact) mass is 349 g/mol. The lowest BCUT2D eigenvalue weighted by atomic mass is 10.1. The van der Waals surface area contributed by atoms with Crippen molar-refractivity contribution in [1.82, 2.24) is 0 Å². The maximum absolute atomic E-state index is 5.37. The highest BCUT2D eigenvalue weighted by Gasteiger charge is 2.23. The normalized spacial score (nSPS) is 15.0. The highest BCUT2D eigenvalue weighted by molar-refractivity contribution is 8.03. The molecule has 3 aromatic rings. The van der Waals surface area contributed by atoms with E-state index in [1.165, 1.54) is 32.1 Å². The third-order valence-corrected chi connectivity index (χ3v) is 5.82. The molecule has 4 heteroatoms. The maximum Gasteiger partial charge on any atom is 0.213 e. The van der Waals surface area contributed by atoms with Gasteiger partial charge in [-0.2, -0.15) is 4.57 Å². The fourth-order valence-corrected chi connectivity index (χ4v) is 4.32. The second kappa shape index (κ2) is 6.45. The van der Waals surface area contributed by atoms with Crippen molar-refractivity contribution < 1.29 is 9.30 Å². The number of aryl methyl sites for hydroxylation is 1. The number of thioether (sulfide) groups is 1. The number of fused-ring (bicyclic) bond motifs is 2. The average molecular weight is 349 g/mol. The molecule has 126 valence electrons. The molecule has 1 aliphatic rings. The molecule has 0 radical (unpaired) electrons. The molecule has 0 saturated heterocycles. The molecule has 0 atom stereocenters.